The molecule has 1 amide bonds. The van der Waals surface area contributed by atoms with Crippen LogP contribution in [0.5, 0.6) is 5.75 Å². The second-order valence-electron chi connectivity index (χ2n) is 6.12. The van der Waals surface area contributed by atoms with Gasteiger partial charge in [0.05, 0.1) is 13.2 Å². The van der Waals surface area contributed by atoms with Gasteiger partial charge < -0.3 is 15.4 Å². The van der Waals surface area contributed by atoms with Gasteiger partial charge in [0, 0.05) is 18.5 Å². The molecule has 1 aromatic carbocycles. The van der Waals surface area contributed by atoms with Gasteiger partial charge in [0.2, 0.25) is 5.91 Å². The highest BCUT2D eigenvalue weighted by Gasteiger charge is 2.34. The number of aryl methyl sites for hydroxylation is 1. The van der Waals surface area contributed by atoms with Crippen molar-refractivity contribution in [3.8, 4) is 5.75 Å². The molecule has 1 aliphatic rings. The summed E-state index contributed by atoms with van der Waals surface area (Å²) in [7, 11) is 1.67. The van der Waals surface area contributed by atoms with Gasteiger partial charge in [0.1, 0.15) is 5.75 Å². The molecule has 1 aromatic rings. The van der Waals surface area contributed by atoms with E-state index in [9.17, 15) is 4.79 Å². The van der Waals surface area contributed by atoms with Gasteiger partial charge in [0.25, 0.3) is 0 Å². The van der Waals surface area contributed by atoms with Crippen molar-refractivity contribution in [3.05, 3.63) is 29.3 Å². The Bertz CT molecular complexity index is 514. The molecule has 2 N–H and O–H groups in total. The number of hydrogen-bond acceptors (Lipinski definition) is 3. The van der Waals surface area contributed by atoms with Crippen LogP contribution in [0.1, 0.15) is 50.3 Å². The van der Waals surface area contributed by atoms with Crippen molar-refractivity contribution in [3.63, 3.8) is 0 Å². The molecule has 0 aliphatic carbocycles. The van der Waals surface area contributed by atoms with Gasteiger partial charge in [-0.05, 0) is 50.8 Å². The lowest BCUT2D eigenvalue weighted by Crippen LogP contribution is -2.45. The summed E-state index contributed by atoms with van der Waals surface area (Å²) >= 11 is 0. The molecule has 4 nitrogen and oxygen atoms in total. The zero-order valence-electron chi connectivity index (χ0n) is 13.4. The summed E-state index contributed by atoms with van der Waals surface area (Å²) in [6, 6.07) is 6.16. The second-order valence-corrected chi connectivity index (χ2v) is 6.12. The van der Waals surface area contributed by atoms with E-state index in [1.165, 1.54) is 0 Å². The van der Waals surface area contributed by atoms with Crippen LogP contribution < -0.4 is 10.5 Å². The maximum atomic E-state index is 12.4. The van der Waals surface area contributed by atoms with Crippen LogP contribution in [0.2, 0.25) is 0 Å². The van der Waals surface area contributed by atoms with E-state index >= 15 is 0 Å². The number of carbonyl (C=O) groups excluding carboxylic acids is 1. The van der Waals surface area contributed by atoms with E-state index in [1.54, 1.807) is 7.11 Å². The number of likely N-dealkylation sites (tertiary alicyclic amines) is 1. The fourth-order valence-electron chi connectivity index (χ4n) is 3.24. The lowest BCUT2D eigenvalue weighted by Gasteiger charge is -2.37. The van der Waals surface area contributed by atoms with Crippen LogP contribution in [0, 0.1) is 6.92 Å². The Labute approximate surface area is 127 Å². The fourth-order valence-corrected chi connectivity index (χ4v) is 3.24. The molecule has 1 heterocycles. The number of hydrogen-bond donors (Lipinski definition) is 1. The third-order valence-electron chi connectivity index (χ3n) is 4.24. The lowest BCUT2D eigenvalue weighted by molar-refractivity contribution is -0.135. The van der Waals surface area contributed by atoms with E-state index in [0.717, 1.165) is 29.7 Å². The first-order chi connectivity index (χ1) is 9.95. The number of carbonyl (C=O) groups is 1. The Morgan fingerprint density at radius 2 is 2.10 bits per heavy atom. The second kappa shape index (κ2) is 6.48. The van der Waals surface area contributed by atoms with Crippen molar-refractivity contribution in [1.29, 1.82) is 0 Å². The predicted molar refractivity (Wildman–Crippen MR) is 84.3 cm³/mol. The van der Waals surface area contributed by atoms with Crippen LogP contribution in [-0.4, -0.2) is 30.0 Å². The average Bonchev–Trinajstić information content (AvgIpc) is 2.57. The first-order valence-corrected chi connectivity index (χ1v) is 7.67. The summed E-state index contributed by atoms with van der Waals surface area (Å²) in [6.07, 6.45) is 2.34. The SMILES string of the molecule is COc1ccc(C2C(N)CCCC(=O)N2C(C)C)cc1C. The van der Waals surface area contributed by atoms with Gasteiger partial charge in [-0.25, -0.2) is 0 Å². The van der Waals surface area contributed by atoms with Crippen LogP contribution >= 0.6 is 0 Å². The van der Waals surface area contributed by atoms with Crippen LogP contribution in [0.15, 0.2) is 18.2 Å². The molecule has 0 bridgehead atoms. The van der Waals surface area contributed by atoms with E-state index in [2.05, 4.69) is 19.9 Å². The minimum Gasteiger partial charge on any atom is -0.496 e. The quantitative estimate of drug-likeness (QED) is 0.931. The number of nitrogens with two attached hydrogens (primary N) is 1. The summed E-state index contributed by atoms with van der Waals surface area (Å²) in [6.45, 7) is 6.13. The van der Waals surface area contributed by atoms with Crippen LogP contribution in [-0.2, 0) is 4.79 Å². The molecule has 116 valence electrons. The standard InChI is InChI=1S/C17H26N2O2/c1-11(2)19-16(20)7-5-6-14(18)17(19)13-8-9-15(21-4)12(3)10-13/h8-11,14,17H,5-7,18H2,1-4H3. The van der Waals surface area contributed by atoms with Gasteiger partial charge >= 0.3 is 0 Å². The third-order valence-corrected chi connectivity index (χ3v) is 4.24. The van der Waals surface area contributed by atoms with E-state index in [1.807, 2.05) is 24.0 Å². The number of benzene rings is 1. The number of rotatable bonds is 3. The van der Waals surface area contributed by atoms with Gasteiger partial charge in [-0.1, -0.05) is 12.1 Å². The van der Waals surface area contributed by atoms with Crippen molar-refractivity contribution >= 4 is 5.91 Å². The highest BCUT2D eigenvalue weighted by Crippen LogP contribution is 2.33. The first kappa shape index (κ1) is 15.8. The average molecular weight is 290 g/mol. The molecule has 2 unspecified atom stereocenters. The predicted octanol–water partition coefficient (Wildman–Crippen LogP) is 2.79. The van der Waals surface area contributed by atoms with Crippen molar-refractivity contribution in [2.45, 2.75) is 58.2 Å². The maximum absolute atomic E-state index is 12.4. The number of ether oxygens (including phenoxy) is 1. The van der Waals surface area contributed by atoms with Crippen molar-refractivity contribution < 1.29 is 9.53 Å². The Morgan fingerprint density at radius 1 is 1.38 bits per heavy atom. The molecule has 21 heavy (non-hydrogen) atoms. The summed E-state index contributed by atoms with van der Waals surface area (Å²) in [5.74, 6) is 1.07. The summed E-state index contributed by atoms with van der Waals surface area (Å²) in [5.41, 5.74) is 8.57. The zero-order chi connectivity index (χ0) is 15.6. The minimum atomic E-state index is -0.0513. The molecule has 1 saturated heterocycles. The number of nitrogens with zero attached hydrogens (tertiary/aromatic N) is 1. The maximum Gasteiger partial charge on any atom is 0.223 e. The van der Waals surface area contributed by atoms with Crippen molar-refractivity contribution in [2.75, 3.05) is 7.11 Å². The Hall–Kier alpha value is -1.55. The van der Waals surface area contributed by atoms with E-state index in [-0.39, 0.29) is 24.0 Å². The molecule has 0 aromatic heterocycles. The van der Waals surface area contributed by atoms with E-state index in [4.69, 9.17) is 10.5 Å². The molecule has 2 atom stereocenters. The molecule has 0 saturated carbocycles. The van der Waals surface area contributed by atoms with Crippen LogP contribution in [0.25, 0.3) is 0 Å². The highest BCUT2D eigenvalue weighted by molar-refractivity contribution is 5.77. The molecule has 4 heteroatoms. The Kier molecular flexibility index (Phi) is 4.88. The molecule has 2 rings (SSSR count). The van der Waals surface area contributed by atoms with Crippen molar-refractivity contribution in [1.82, 2.24) is 4.90 Å². The molecular weight excluding hydrogens is 264 g/mol. The molecule has 0 spiro atoms. The molecule has 1 aliphatic heterocycles. The topological polar surface area (TPSA) is 55.6 Å². The smallest absolute Gasteiger partial charge is 0.223 e. The first-order valence-electron chi connectivity index (χ1n) is 7.67. The van der Waals surface area contributed by atoms with E-state index < -0.39 is 0 Å². The van der Waals surface area contributed by atoms with Gasteiger partial charge in [-0.3, -0.25) is 4.79 Å². The minimum absolute atomic E-state index is 0.0216. The van der Waals surface area contributed by atoms with Gasteiger partial charge in [-0.2, -0.15) is 0 Å². The third kappa shape index (κ3) is 3.21. The molecule has 1 fully saturated rings. The van der Waals surface area contributed by atoms with Crippen LogP contribution in [0.3, 0.4) is 0 Å². The Balaban J connectivity index is 2.44. The monoisotopic (exact) mass is 290 g/mol. The summed E-state index contributed by atoms with van der Waals surface area (Å²) in [5, 5.41) is 0. The van der Waals surface area contributed by atoms with Crippen LogP contribution in [0.4, 0.5) is 0 Å². The Morgan fingerprint density at radius 3 is 2.67 bits per heavy atom. The van der Waals surface area contributed by atoms with Gasteiger partial charge in [-0.15, -0.1) is 0 Å². The van der Waals surface area contributed by atoms with Gasteiger partial charge in [0.15, 0.2) is 0 Å². The molecular formula is C17H26N2O2. The normalized spacial score (nSPS) is 23.3. The van der Waals surface area contributed by atoms with E-state index in [0.29, 0.717) is 6.42 Å². The van der Waals surface area contributed by atoms with Crippen molar-refractivity contribution in [2.24, 2.45) is 5.73 Å². The number of methoxy groups -OCH3 is 1. The number of amides is 1. The summed E-state index contributed by atoms with van der Waals surface area (Å²) < 4.78 is 5.32. The molecule has 0 radical (unpaired) electrons. The fraction of sp³-hybridized carbons (Fsp3) is 0.588. The summed E-state index contributed by atoms with van der Waals surface area (Å²) in [4.78, 5) is 14.4. The lowest BCUT2D eigenvalue weighted by atomic mass is 9.94. The zero-order valence-corrected chi connectivity index (χ0v) is 13.4. The highest BCUT2D eigenvalue weighted by atomic mass is 16.5. The largest absolute Gasteiger partial charge is 0.496 e.